The van der Waals surface area contributed by atoms with Crippen LogP contribution in [-0.2, 0) is 4.79 Å². The lowest BCUT2D eigenvalue weighted by molar-refractivity contribution is -0.681. The van der Waals surface area contributed by atoms with Crippen molar-refractivity contribution in [3.05, 3.63) is 11.8 Å². The Morgan fingerprint density at radius 1 is 1.53 bits per heavy atom. The van der Waals surface area contributed by atoms with E-state index in [0.29, 0.717) is 24.2 Å². The van der Waals surface area contributed by atoms with Crippen LogP contribution in [0, 0.1) is 6.92 Å². The van der Waals surface area contributed by atoms with Crippen LogP contribution in [0.1, 0.15) is 37.9 Å². The number of nitrogens with one attached hydrogen (secondary N) is 1. The van der Waals surface area contributed by atoms with Crippen LogP contribution >= 0.6 is 0 Å². The molecule has 5 nitrogen and oxygen atoms in total. The van der Waals surface area contributed by atoms with E-state index in [0.717, 1.165) is 0 Å². The Morgan fingerprint density at radius 3 is 2.94 bits per heavy atom. The number of hydrogen-bond donors (Lipinski definition) is 2. The van der Waals surface area contributed by atoms with Crippen molar-refractivity contribution in [2.45, 2.75) is 45.1 Å². The number of nitrogens with two attached hydrogens (primary N) is 1. The second-order valence-corrected chi connectivity index (χ2v) is 4.71. The van der Waals surface area contributed by atoms with Gasteiger partial charge in [0.25, 0.3) is 5.91 Å². The fourth-order valence-corrected chi connectivity index (χ4v) is 2.26. The van der Waals surface area contributed by atoms with Gasteiger partial charge in [0.1, 0.15) is 5.76 Å². The number of amides is 1. The summed E-state index contributed by atoms with van der Waals surface area (Å²) in [4.78, 5) is 11.6. The first-order valence-electron chi connectivity index (χ1n) is 6.30. The standard InChI is InChI=1S/C12H19N3O2/c1-9-7-11(15-17-9)14-12(16)8-13-10-5-3-2-4-6-10/h7,10,13H,2-6,8H2,1H3,(H,14,15,16)/p+1. The van der Waals surface area contributed by atoms with Gasteiger partial charge < -0.3 is 15.2 Å². The van der Waals surface area contributed by atoms with E-state index in [4.69, 9.17) is 4.52 Å². The molecule has 0 saturated heterocycles. The van der Waals surface area contributed by atoms with Gasteiger partial charge in [-0.05, 0) is 32.6 Å². The number of carbonyl (C=O) groups excluding carboxylic acids is 1. The fourth-order valence-electron chi connectivity index (χ4n) is 2.26. The van der Waals surface area contributed by atoms with Crippen molar-refractivity contribution in [3.8, 4) is 0 Å². The van der Waals surface area contributed by atoms with Gasteiger partial charge in [0.05, 0.1) is 6.04 Å². The second-order valence-electron chi connectivity index (χ2n) is 4.71. The molecule has 1 aromatic heterocycles. The molecule has 94 valence electrons. The maximum absolute atomic E-state index is 11.6. The van der Waals surface area contributed by atoms with Crippen molar-refractivity contribution in [2.75, 3.05) is 11.9 Å². The SMILES string of the molecule is Cc1cc(NC(=O)C[NH2+]C2CCCCC2)no1. The fraction of sp³-hybridized carbons (Fsp3) is 0.667. The molecule has 0 bridgehead atoms. The summed E-state index contributed by atoms with van der Waals surface area (Å²) in [5.41, 5.74) is 0. The lowest BCUT2D eigenvalue weighted by Gasteiger charge is -2.19. The number of nitrogens with zero attached hydrogens (tertiary/aromatic N) is 1. The summed E-state index contributed by atoms with van der Waals surface area (Å²) in [7, 11) is 0. The van der Waals surface area contributed by atoms with Crippen molar-refractivity contribution < 1.29 is 14.6 Å². The minimum atomic E-state index is -0.0103. The zero-order chi connectivity index (χ0) is 12.1. The molecule has 5 heteroatoms. The largest absolute Gasteiger partial charge is 0.360 e. The van der Waals surface area contributed by atoms with Gasteiger partial charge in [0, 0.05) is 6.07 Å². The molecule has 1 aromatic rings. The van der Waals surface area contributed by atoms with Crippen LogP contribution in [0.3, 0.4) is 0 Å². The van der Waals surface area contributed by atoms with E-state index in [1.165, 1.54) is 32.1 Å². The van der Waals surface area contributed by atoms with Gasteiger partial charge in [-0.15, -0.1) is 0 Å². The highest BCUT2D eigenvalue weighted by Gasteiger charge is 2.17. The molecular weight excluding hydrogens is 218 g/mol. The van der Waals surface area contributed by atoms with Crippen LogP contribution in [0.2, 0.25) is 0 Å². The van der Waals surface area contributed by atoms with Crippen LogP contribution in [-0.4, -0.2) is 23.7 Å². The van der Waals surface area contributed by atoms with Crippen LogP contribution in [0.5, 0.6) is 0 Å². The van der Waals surface area contributed by atoms with E-state index in [9.17, 15) is 4.79 Å². The van der Waals surface area contributed by atoms with Crippen LogP contribution in [0.4, 0.5) is 5.82 Å². The molecule has 0 aliphatic heterocycles. The molecule has 0 unspecified atom stereocenters. The summed E-state index contributed by atoms with van der Waals surface area (Å²) in [5.74, 6) is 1.20. The summed E-state index contributed by atoms with van der Waals surface area (Å²) < 4.78 is 4.88. The van der Waals surface area contributed by atoms with Gasteiger partial charge in [0.15, 0.2) is 12.4 Å². The van der Waals surface area contributed by atoms with E-state index in [1.807, 2.05) is 0 Å². The number of aromatic nitrogens is 1. The monoisotopic (exact) mass is 238 g/mol. The molecule has 0 aromatic carbocycles. The quantitative estimate of drug-likeness (QED) is 0.815. The third-order valence-electron chi connectivity index (χ3n) is 3.18. The van der Waals surface area contributed by atoms with Gasteiger partial charge >= 0.3 is 0 Å². The molecule has 2 rings (SSSR count). The molecule has 17 heavy (non-hydrogen) atoms. The molecular formula is C12H20N3O2+. The van der Waals surface area contributed by atoms with Gasteiger partial charge in [-0.25, -0.2) is 0 Å². The predicted molar refractivity (Wildman–Crippen MR) is 63.5 cm³/mol. The first kappa shape index (κ1) is 12.1. The Hall–Kier alpha value is -1.36. The number of carbonyl (C=O) groups is 1. The summed E-state index contributed by atoms with van der Waals surface area (Å²) in [6, 6.07) is 2.34. The first-order chi connectivity index (χ1) is 8.24. The third kappa shape index (κ3) is 3.85. The molecule has 1 saturated carbocycles. The van der Waals surface area contributed by atoms with Crippen LogP contribution in [0.15, 0.2) is 10.6 Å². The first-order valence-corrected chi connectivity index (χ1v) is 6.30. The number of hydrogen-bond acceptors (Lipinski definition) is 3. The Bertz CT molecular complexity index is 370. The minimum absolute atomic E-state index is 0.0103. The molecule has 1 heterocycles. The minimum Gasteiger partial charge on any atom is -0.360 e. The Balaban J connectivity index is 1.70. The second kappa shape index (κ2) is 5.82. The third-order valence-corrected chi connectivity index (χ3v) is 3.18. The van der Waals surface area contributed by atoms with Crippen molar-refractivity contribution in [2.24, 2.45) is 0 Å². The molecule has 1 fully saturated rings. The molecule has 1 aliphatic rings. The molecule has 0 spiro atoms. The van der Waals surface area contributed by atoms with E-state index >= 15 is 0 Å². The van der Waals surface area contributed by atoms with Crippen molar-refractivity contribution in [3.63, 3.8) is 0 Å². The molecule has 1 aliphatic carbocycles. The molecule has 3 N–H and O–H groups in total. The van der Waals surface area contributed by atoms with Gasteiger partial charge in [0.2, 0.25) is 0 Å². The number of anilines is 1. The number of quaternary nitrogens is 1. The average Bonchev–Trinajstić information content (AvgIpc) is 2.73. The van der Waals surface area contributed by atoms with Crippen LogP contribution < -0.4 is 10.6 Å². The lowest BCUT2D eigenvalue weighted by atomic mass is 9.95. The van der Waals surface area contributed by atoms with Gasteiger partial charge in [-0.3, -0.25) is 4.79 Å². The lowest BCUT2D eigenvalue weighted by Crippen LogP contribution is -2.91. The van der Waals surface area contributed by atoms with Gasteiger partial charge in [-0.2, -0.15) is 0 Å². The highest BCUT2D eigenvalue weighted by molar-refractivity contribution is 5.90. The van der Waals surface area contributed by atoms with Crippen LogP contribution in [0.25, 0.3) is 0 Å². The van der Waals surface area contributed by atoms with E-state index in [-0.39, 0.29) is 5.91 Å². The average molecular weight is 238 g/mol. The van der Waals surface area contributed by atoms with E-state index in [2.05, 4.69) is 15.8 Å². The van der Waals surface area contributed by atoms with Crippen molar-refractivity contribution in [1.29, 1.82) is 0 Å². The zero-order valence-electron chi connectivity index (χ0n) is 10.2. The van der Waals surface area contributed by atoms with Crippen molar-refractivity contribution >= 4 is 11.7 Å². The number of aryl methyl sites for hydroxylation is 1. The number of rotatable bonds is 4. The van der Waals surface area contributed by atoms with Gasteiger partial charge in [-0.1, -0.05) is 11.6 Å². The Labute approximate surface area is 101 Å². The summed E-state index contributed by atoms with van der Waals surface area (Å²) in [6.45, 7) is 2.27. The molecule has 1 amide bonds. The van der Waals surface area contributed by atoms with E-state index in [1.54, 1.807) is 13.0 Å². The molecule has 0 radical (unpaired) electrons. The van der Waals surface area contributed by atoms with Crippen molar-refractivity contribution in [1.82, 2.24) is 5.16 Å². The summed E-state index contributed by atoms with van der Waals surface area (Å²) >= 11 is 0. The predicted octanol–water partition coefficient (Wildman–Crippen LogP) is 0.818. The normalized spacial score (nSPS) is 17.0. The smallest absolute Gasteiger partial charge is 0.280 e. The summed E-state index contributed by atoms with van der Waals surface area (Å²) in [5, 5.41) is 8.60. The Kier molecular flexibility index (Phi) is 4.14. The highest BCUT2D eigenvalue weighted by atomic mass is 16.5. The molecule has 0 atom stereocenters. The van der Waals surface area contributed by atoms with E-state index < -0.39 is 0 Å². The maximum atomic E-state index is 11.6. The maximum Gasteiger partial charge on any atom is 0.280 e. The zero-order valence-corrected chi connectivity index (χ0v) is 10.2. The topological polar surface area (TPSA) is 71.7 Å². The Morgan fingerprint density at radius 2 is 2.29 bits per heavy atom. The summed E-state index contributed by atoms with van der Waals surface area (Å²) in [6.07, 6.45) is 6.40. The highest BCUT2D eigenvalue weighted by Crippen LogP contribution is 2.14.